The molecule has 32 heavy (non-hydrogen) atoms. The summed E-state index contributed by atoms with van der Waals surface area (Å²) in [7, 11) is 1.37. The van der Waals surface area contributed by atoms with Crippen LogP contribution in [0.15, 0.2) is 36.4 Å². The third-order valence-electron chi connectivity index (χ3n) is 5.41. The van der Waals surface area contributed by atoms with Gasteiger partial charge in [-0.1, -0.05) is 23.2 Å². The lowest BCUT2D eigenvalue weighted by Gasteiger charge is -2.39. The predicted molar refractivity (Wildman–Crippen MR) is 109 cm³/mol. The number of hydrogen-bond acceptors (Lipinski definition) is 2. The van der Waals surface area contributed by atoms with E-state index in [0.717, 1.165) is 0 Å². The first kappa shape index (κ1) is 24.7. The van der Waals surface area contributed by atoms with Crippen molar-refractivity contribution in [1.82, 2.24) is 10.2 Å². The van der Waals surface area contributed by atoms with Crippen molar-refractivity contribution in [2.45, 2.75) is 30.7 Å². The molecule has 1 amide bonds. The standard InChI is InChI=1S/C21H18Cl2F6N2O/c1-31(18-2-3-30-10-17(18)11-6-15(22)9-16(23)7-11)19(32)12-4-13(20(24,25)26)8-14(5-12)21(27,28)29/h4-9,17-18,30H,2-3,10H2,1H3. The Morgan fingerprint density at radius 3 is 1.97 bits per heavy atom. The summed E-state index contributed by atoms with van der Waals surface area (Å²) in [5, 5.41) is 3.92. The van der Waals surface area contributed by atoms with Crippen molar-refractivity contribution in [2.24, 2.45) is 0 Å². The Balaban J connectivity index is 1.99. The van der Waals surface area contributed by atoms with Crippen LogP contribution in [-0.4, -0.2) is 37.0 Å². The van der Waals surface area contributed by atoms with Gasteiger partial charge in [0.05, 0.1) is 11.1 Å². The van der Waals surface area contributed by atoms with E-state index in [1.807, 2.05) is 0 Å². The second kappa shape index (κ2) is 9.11. The Kier molecular flexibility index (Phi) is 7.02. The van der Waals surface area contributed by atoms with Crippen LogP contribution in [0.2, 0.25) is 10.0 Å². The number of rotatable bonds is 3. The van der Waals surface area contributed by atoms with E-state index in [2.05, 4.69) is 5.32 Å². The molecule has 0 aliphatic carbocycles. The molecule has 3 nitrogen and oxygen atoms in total. The number of hydrogen-bond donors (Lipinski definition) is 1. The van der Waals surface area contributed by atoms with Crippen molar-refractivity contribution in [3.8, 4) is 0 Å². The van der Waals surface area contributed by atoms with Crippen molar-refractivity contribution < 1.29 is 31.1 Å². The SMILES string of the molecule is CN(C(=O)c1cc(C(F)(F)F)cc(C(F)(F)F)c1)C1CCNCC1c1cc(Cl)cc(Cl)c1. The van der Waals surface area contributed by atoms with E-state index in [1.54, 1.807) is 12.1 Å². The Hall–Kier alpha value is -1.97. The van der Waals surface area contributed by atoms with E-state index in [9.17, 15) is 31.1 Å². The highest BCUT2D eigenvalue weighted by molar-refractivity contribution is 6.34. The highest BCUT2D eigenvalue weighted by atomic mass is 35.5. The lowest BCUT2D eigenvalue weighted by Crippen LogP contribution is -2.49. The van der Waals surface area contributed by atoms with Crippen molar-refractivity contribution >= 4 is 29.1 Å². The number of likely N-dealkylation sites (N-methyl/N-ethyl adjacent to an activating group) is 1. The third kappa shape index (κ3) is 5.50. The smallest absolute Gasteiger partial charge is 0.338 e. The quantitative estimate of drug-likeness (QED) is 0.507. The number of halogens is 8. The number of nitrogens with one attached hydrogen (secondary N) is 1. The Morgan fingerprint density at radius 1 is 0.938 bits per heavy atom. The predicted octanol–water partition coefficient (Wildman–Crippen LogP) is 6.25. The molecule has 1 fully saturated rings. The van der Waals surface area contributed by atoms with E-state index in [-0.39, 0.29) is 12.0 Å². The Morgan fingerprint density at radius 2 is 1.47 bits per heavy atom. The molecule has 2 aromatic rings. The minimum atomic E-state index is -5.04. The van der Waals surface area contributed by atoms with Crippen molar-refractivity contribution in [3.63, 3.8) is 0 Å². The minimum absolute atomic E-state index is 0.00190. The van der Waals surface area contributed by atoms with E-state index in [0.29, 0.717) is 47.3 Å². The maximum atomic E-state index is 13.2. The molecule has 0 spiro atoms. The summed E-state index contributed by atoms with van der Waals surface area (Å²) in [5.41, 5.74) is -3.05. The lowest BCUT2D eigenvalue weighted by atomic mass is 9.85. The number of carbonyl (C=O) groups excluding carboxylic acids is 1. The molecule has 11 heteroatoms. The summed E-state index contributed by atoms with van der Waals surface area (Å²) in [5.74, 6) is -1.26. The number of alkyl halides is 6. The fourth-order valence-electron chi connectivity index (χ4n) is 3.87. The fourth-order valence-corrected chi connectivity index (χ4v) is 4.41. The normalized spacial score (nSPS) is 19.7. The molecule has 174 valence electrons. The highest BCUT2D eigenvalue weighted by Crippen LogP contribution is 2.37. The molecule has 0 bridgehead atoms. The molecule has 1 N–H and O–H groups in total. The second-order valence-corrected chi connectivity index (χ2v) is 8.45. The second-order valence-electron chi connectivity index (χ2n) is 7.58. The van der Waals surface area contributed by atoms with E-state index in [4.69, 9.17) is 23.2 Å². The van der Waals surface area contributed by atoms with Gasteiger partial charge in [0, 0.05) is 41.2 Å². The number of benzene rings is 2. The van der Waals surface area contributed by atoms with Gasteiger partial charge in [0.1, 0.15) is 0 Å². The summed E-state index contributed by atoms with van der Waals surface area (Å²) in [4.78, 5) is 14.2. The van der Waals surface area contributed by atoms with Gasteiger partial charge in [0.25, 0.3) is 5.91 Å². The zero-order valence-electron chi connectivity index (χ0n) is 16.6. The third-order valence-corrected chi connectivity index (χ3v) is 5.85. The molecule has 1 aliphatic rings. The lowest BCUT2D eigenvalue weighted by molar-refractivity contribution is -0.143. The molecule has 0 radical (unpaired) electrons. The topological polar surface area (TPSA) is 32.3 Å². The molecule has 2 atom stereocenters. The van der Waals surface area contributed by atoms with Crippen LogP contribution in [0.4, 0.5) is 26.3 Å². The van der Waals surface area contributed by atoms with Gasteiger partial charge in [0.15, 0.2) is 0 Å². The summed E-state index contributed by atoms with van der Waals surface area (Å²) in [6.45, 7) is 0.943. The van der Waals surface area contributed by atoms with Gasteiger partial charge < -0.3 is 10.2 Å². The molecule has 1 heterocycles. The van der Waals surface area contributed by atoms with Gasteiger partial charge >= 0.3 is 12.4 Å². The molecule has 1 saturated heterocycles. The van der Waals surface area contributed by atoms with Crippen LogP contribution in [-0.2, 0) is 12.4 Å². The zero-order chi connectivity index (χ0) is 23.8. The van der Waals surface area contributed by atoms with E-state index >= 15 is 0 Å². The van der Waals surface area contributed by atoms with Gasteiger partial charge in [-0.15, -0.1) is 0 Å². The first-order valence-corrected chi connectivity index (χ1v) is 10.3. The van der Waals surface area contributed by atoms with Crippen molar-refractivity contribution in [2.75, 3.05) is 20.1 Å². The van der Waals surface area contributed by atoms with Crippen molar-refractivity contribution in [3.05, 3.63) is 68.7 Å². The molecule has 3 rings (SSSR count). The summed E-state index contributed by atoms with van der Waals surface area (Å²) in [6.07, 6.45) is -9.64. The van der Waals surface area contributed by atoms with E-state index < -0.39 is 41.0 Å². The maximum absolute atomic E-state index is 13.2. The van der Waals surface area contributed by atoms with Crippen LogP contribution in [0.5, 0.6) is 0 Å². The molecule has 2 unspecified atom stereocenters. The Bertz CT molecular complexity index is 956. The zero-order valence-corrected chi connectivity index (χ0v) is 18.1. The van der Waals surface area contributed by atoms with Crippen molar-refractivity contribution in [1.29, 1.82) is 0 Å². The van der Waals surface area contributed by atoms with Crippen LogP contribution in [0.25, 0.3) is 0 Å². The number of piperidine rings is 1. The monoisotopic (exact) mass is 498 g/mol. The van der Waals surface area contributed by atoms with Gasteiger partial charge in [-0.05, 0) is 54.9 Å². The first-order chi connectivity index (χ1) is 14.8. The minimum Gasteiger partial charge on any atom is -0.338 e. The van der Waals surface area contributed by atoms with Crippen LogP contribution >= 0.6 is 23.2 Å². The molecule has 0 saturated carbocycles. The largest absolute Gasteiger partial charge is 0.416 e. The summed E-state index contributed by atoms with van der Waals surface area (Å²) >= 11 is 12.2. The number of carbonyl (C=O) groups is 1. The molecular weight excluding hydrogens is 481 g/mol. The number of amides is 1. The maximum Gasteiger partial charge on any atom is 0.416 e. The molecule has 0 aromatic heterocycles. The van der Waals surface area contributed by atoms with Gasteiger partial charge in [-0.3, -0.25) is 4.79 Å². The first-order valence-electron chi connectivity index (χ1n) is 9.50. The van der Waals surface area contributed by atoms with E-state index in [1.165, 1.54) is 18.0 Å². The Labute approximate surface area is 190 Å². The van der Waals surface area contributed by atoms with Gasteiger partial charge in [-0.2, -0.15) is 26.3 Å². The van der Waals surface area contributed by atoms with Gasteiger partial charge in [0.2, 0.25) is 0 Å². The van der Waals surface area contributed by atoms with Crippen LogP contribution < -0.4 is 5.32 Å². The molecule has 1 aliphatic heterocycles. The average molecular weight is 499 g/mol. The number of nitrogens with zero attached hydrogens (tertiary/aromatic N) is 1. The summed E-state index contributed by atoms with van der Waals surface area (Å²) in [6, 6.07) is 5.26. The average Bonchev–Trinajstić information content (AvgIpc) is 2.70. The highest BCUT2D eigenvalue weighted by Gasteiger charge is 2.39. The van der Waals surface area contributed by atoms with Crippen LogP contribution in [0, 0.1) is 0 Å². The van der Waals surface area contributed by atoms with Crippen LogP contribution in [0.3, 0.4) is 0 Å². The van der Waals surface area contributed by atoms with Gasteiger partial charge in [-0.25, -0.2) is 0 Å². The van der Waals surface area contributed by atoms with Crippen LogP contribution in [0.1, 0.15) is 39.4 Å². The fraction of sp³-hybridized carbons (Fsp3) is 0.381. The summed E-state index contributed by atoms with van der Waals surface area (Å²) < 4.78 is 79.1. The molecule has 2 aromatic carbocycles. The molecular formula is C21H18Cl2F6N2O.